The molecule has 18 heavy (non-hydrogen) atoms. The minimum atomic E-state index is -0.816. The highest BCUT2D eigenvalue weighted by Crippen LogP contribution is 2.38. The van der Waals surface area contributed by atoms with E-state index in [2.05, 4.69) is 0 Å². The molecule has 0 unspecified atom stereocenters. The highest BCUT2D eigenvalue weighted by atomic mass is 16.2. The fourth-order valence-electron chi connectivity index (χ4n) is 2.30. The summed E-state index contributed by atoms with van der Waals surface area (Å²) in [6.45, 7) is 0.427. The van der Waals surface area contributed by atoms with Crippen LogP contribution >= 0.6 is 0 Å². The van der Waals surface area contributed by atoms with Crippen LogP contribution < -0.4 is 16.4 Å². The number of imide groups is 1. The zero-order chi connectivity index (χ0) is 12.9. The quantitative estimate of drug-likeness (QED) is 0.720. The van der Waals surface area contributed by atoms with Gasteiger partial charge in [-0.1, -0.05) is 12.1 Å². The first-order valence-electron chi connectivity index (χ1n) is 6.03. The Labute approximate surface area is 105 Å². The average molecular weight is 245 g/mol. The molecule has 3 rings (SSSR count). The van der Waals surface area contributed by atoms with Crippen molar-refractivity contribution in [3.8, 4) is 0 Å². The third-order valence-corrected chi connectivity index (χ3v) is 3.63. The summed E-state index contributed by atoms with van der Waals surface area (Å²) in [6, 6.07) is 5.51. The molecule has 5 heteroatoms. The van der Waals surface area contributed by atoms with Gasteiger partial charge in [0.1, 0.15) is 0 Å². The van der Waals surface area contributed by atoms with Crippen LogP contribution in [-0.4, -0.2) is 17.4 Å². The fourth-order valence-corrected chi connectivity index (χ4v) is 2.30. The lowest BCUT2D eigenvalue weighted by Gasteiger charge is -2.19. The van der Waals surface area contributed by atoms with Crippen molar-refractivity contribution < 1.29 is 9.59 Å². The van der Waals surface area contributed by atoms with Crippen LogP contribution in [0, 0.1) is 0 Å². The zero-order valence-electron chi connectivity index (χ0n) is 9.98. The van der Waals surface area contributed by atoms with E-state index < -0.39 is 5.54 Å². The van der Waals surface area contributed by atoms with E-state index >= 15 is 0 Å². The number of benzene rings is 1. The number of amides is 2. The fraction of sp³-hybridized carbons (Fsp3) is 0.385. The summed E-state index contributed by atoms with van der Waals surface area (Å²) in [5.41, 5.74) is 13.1. The second-order valence-corrected chi connectivity index (χ2v) is 5.03. The maximum absolute atomic E-state index is 12.2. The van der Waals surface area contributed by atoms with Crippen LogP contribution in [0.4, 0.5) is 5.69 Å². The molecule has 0 bridgehead atoms. The SMILES string of the molecule is NCc1ccc2c(c1)CC(=O)N2C(=O)C1(N)CC1. The van der Waals surface area contributed by atoms with E-state index in [0.29, 0.717) is 25.1 Å². The van der Waals surface area contributed by atoms with E-state index in [0.717, 1.165) is 11.1 Å². The molecule has 0 aromatic heterocycles. The molecule has 1 heterocycles. The number of fused-ring (bicyclic) bond motifs is 1. The molecule has 5 nitrogen and oxygen atoms in total. The Bertz CT molecular complexity index is 549. The summed E-state index contributed by atoms with van der Waals surface area (Å²) < 4.78 is 0. The Kier molecular flexibility index (Phi) is 2.30. The van der Waals surface area contributed by atoms with Gasteiger partial charge in [-0.15, -0.1) is 0 Å². The lowest BCUT2D eigenvalue weighted by molar-refractivity contribution is -0.126. The first-order valence-corrected chi connectivity index (χ1v) is 6.03. The van der Waals surface area contributed by atoms with E-state index in [1.165, 1.54) is 4.90 Å². The third-order valence-electron chi connectivity index (χ3n) is 3.63. The molecule has 1 saturated carbocycles. The van der Waals surface area contributed by atoms with E-state index in [4.69, 9.17) is 11.5 Å². The number of anilines is 1. The molecular weight excluding hydrogens is 230 g/mol. The molecular formula is C13H15N3O2. The maximum Gasteiger partial charge on any atom is 0.253 e. The van der Waals surface area contributed by atoms with Gasteiger partial charge in [0.25, 0.3) is 5.91 Å². The van der Waals surface area contributed by atoms with Gasteiger partial charge in [0.15, 0.2) is 0 Å². The topological polar surface area (TPSA) is 89.4 Å². The Balaban J connectivity index is 1.99. The monoisotopic (exact) mass is 245 g/mol. The van der Waals surface area contributed by atoms with Gasteiger partial charge in [0, 0.05) is 6.54 Å². The van der Waals surface area contributed by atoms with E-state index in [9.17, 15) is 9.59 Å². The van der Waals surface area contributed by atoms with Crippen molar-refractivity contribution in [1.82, 2.24) is 0 Å². The summed E-state index contributed by atoms with van der Waals surface area (Å²) in [5.74, 6) is -0.465. The van der Waals surface area contributed by atoms with Gasteiger partial charge in [-0.25, -0.2) is 4.90 Å². The van der Waals surface area contributed by atoms with Gasteiger partial charge >= 0.3 is 0 Å². The second kappa shape index (κ2) is 3.63. The van der Waals surface area contributed by atoms with Gasteiger partial charge in [0.05, 0.1) is 17.6 Å². The van der Waals surface area contributed by atoms with Gasteiger partial charge < -0.3 is 11.5 Å². The summed E-state index contributed by atoms with van der Waals surface area (Å²) >= 11 is 0. The zero-order valence-corrected chi connectivity index (χ0v) is 9.98. The first-order chi connectivity index (χ1) is 8.55. The first kappa shape index (κ1) is 11.4. The number of carbonyl (C=O) groups is 2. The van der Waals surface area contributed by atoms with Gasteiger partial charge in [-0.3, -0.25) is 9.59 Å². The molecule has 1 fully saturated rings. The van der Waals surface area contributed by atoms with Crippen molar-refractivity contribution >= 4 is 17.5 Å². The van der Waals surface area contributed by atoms with Crippen molar-refractivity contribution in [2.24, 2.45) is 11.5 Å². The van der Waals surface area contributed by atoms with E-state index in [1.807, 2.05) is 12.1 Å². The van der Waals surface area contributed by atoms with Crippen molar-refractivity contribution in [1.29, 1.82) is 0 Å². The Hall–Kier alpha value is -1.72. The third kappa shape index (κ3) is 1.55. The number of hydrogen-bond donors (Lipinski definition) is 2. The predicted octanol–water partition coefficient (Wildman–Crippen LogP) is 0.0523. The molecule has 0 spiro atoms. The highest BCUT2D eigenvalue weighted by molar-refractivity contribution is 6.22. The number of carbonyl (C=O) groups excluding carboxylic acids is 2. The maximum atomic E-state index is 12.2. The Morgan fingerprint density at radius 1 is 1.39 bits per heavy atom. The predicted molar refractivity (Wildman–Crippen MR) is 66.7 cm³/mol. The summed E-state index contributed by atoms with van der Waals surface area (Å²) in [7, 11) is 0. The van der Waals surface area contributed by atoms with Crippen LogP contribution in [0.3, 0.4) is 0 Å². The molecule has 2 aliphatic rings. The minimum Gasteiger partial charge on any atom is -0.326 e. The van der Waals surface area contributed by atoms with Crippen molar-refractivity contribution in [2.45, 2.75) is 31.3 Å². The van der Waals surface area contributed by atoms with Gasteiger partial charge in [0.2, 0.25) is 5.91 Å². The van der Waals surface area contributed by atoms with Crippen molar-refractivity contribution in [2.75, 3.05) is 4.90 Å². The molecule has 1 aliphatic heterocycles. The standard InChI is InChI=1S/C13H15N3O2/c14-7-8-1-2-10-9(5-8)6-11(17)16(10)12(18)13(15)3-4-13/h1-2,5H,3-4,6-7,14-15H2. The van der Waals surface area contributed by atoms with E-state index in [-0.39, 0.29) is 18.2 Å². The van der Waals surface area contributed by atoms with Crippen molar-refractivity contribution in [3.05, 3.63) is 29.3 Å². The highest BCUT2D eigenvalue weighted by Gasteiger charge is 2.51. The van der Waals surface area contributed by atoms with Crippen LogP contribution in [0.5, 0.6) is 0 Å². The smallest absolute Gasteiger partial charge is 0.253 e. The van der Waals surface area contributed by atoms with Crippen LogP contribution in [0.15, 0.2) is 18.2 Å². The second-order valence-electron chi connectivity index (χ2n) is 5.03. The Morgan fingerprint density at radius 3 is 2.72 bits per heavy atom. The molecule has 2 amide bonds. The van der Waals surface area contributed by atoms with Gasteiger partial charge in [-0.05, 0) is 30.0 Å². The molecule has 1 aromatic carbocycles. The number of rotatable bonds is 2. The van der Waals surface area contributed by atoms with Crippen LogP contribution in [-0.2, 0) is 22.6 Å². The summed E-state index contributed by atoms with van der Waals surface area (Å²) in [6.07, 6.45) is 1.57. The summed E-state index contributed by atoms with van der Waals surface area (Å²) in [4.78, 5) is 25.4. The van der Waals surface area contributed by atoms with Gasteiger partial charge in [-0.2, -0.15) is 0 Å². The molecule has 4 N–H and O–H groups in total. The molecule has 0 saturated heterocycles. The number of hydrogen-bond acceptors (Lipinski definition) is 4. The molecule has 1 aliphatic carbocycles. The van der Waals surface area contributed by atoms with Crippen molar-refractivity contribution in [3.63, 3.8) is 0 Å². The average Bonchev–Trinajstić information content (AvgIpc) is 3.02. The van der Waals surface area contributed by atoms with Crippen LogP contribution in [0.1, 0.15) is 24.0 Å². The normalized spacial score (nSPS) is 19.9. The lowest BCUT2D eigenvalue weighted by atomic mass is 10.1. The molecule has 0 atom stereocenters. The van der Waals surface area contributed by atoms with E-state index in [1.54, 1.807) is 6.07 Å². The largest absolute Gasteiger partial charge is 0.326 e. The summed E-state index contributed by atoms with van der Waals surface area (Å²) in [5, 5.41) is 0. The molecule has 1 aromatic rings. The number of nitrogens with zero attached hydrogens (tertiary/aromatic N) is 1. The molecule has 94 valence electrons. The number of nitrogens with two attached hydrogens (primary N) is 2. The van der Waals surface area contributed by atoms with Crippen LogP contribution in [0.2, 0.25) is 0 Å². The van der Waals surface area contributed by atoms with Crippen LogP contribution in [0.25, 0.3) is 0 Å². The Morgan fingerprint density at radius 2 is 2.11 bits per heavy atom. The minimum absolute atomic E-state index is 0.194. The lowest BCUT2D eigenvalue weighted by Crippen LogP contribution is -2.47. The molecule has 0 radical (unpaired) electrons.